The standard InChI is InChI=1S/C15H25N3/c1-4-16-9-13-5-6-14(17-10-13)11-18-8-7-15(2,3)12-18/h5-6,10,16H,4,7-9,11-12H2,1-3H3. The van der Waals surface area contributed by atoms with Crippen LogP contribution in [0.15, 0.2) is 18.3 Å². The molecule has 0 radical (unpaired) electrons. The zero-order chi connectivity index (χ0) is 13.0. The van der Waals surface area contributed by atoms with Crippen molar-refractivity contribution in [1.82, 2.24) is 15.2 Å². The van der Waals surface area contributed by atoms with Crippen LogP contribution in [0, 0.1) is 5.41 Å². The van der Waals surface area contributed by atoms with E-state index in [9.17, 15) is 0 Å². The number of nitrogens with one attached hydrogen (secondary N) is 1. The maximum absolute atomic E-state index is 4.56. The van der Waals surface area contributed by atoms with Crippen molar-refractivity contribution in [2.75, 3.05) is 19.6 Å². The number of rotatable bonds is 5. The molecule has 1 aliphatic rings. The predicted octanol–water partition coefficient (Wildman–Crippen LogP) is 2.42. The Bertz CT molecular complexity index is 370. The molecule has 0 aromatic carbocycles. The largest absolute Gasteiger partial charge is 0.313 e. The topological polar surface area (TPSA) is 28.2 Å². The lowest BCUT2D eigenvalue weighted by atomic mass is 9.93. The van der Waals surface area contributed by atoms with Crippen molar-refractivity contribution in [2.24, 2.45) is 5.41 Å². The van der Waals surface area contributed by atoms with Crippen molar-refractivity contribution < 1.29 is 0 Å². The summed E-state index contributed by atoms with van der Waals surface area (Å²) in [6.07, 6.45) is 3.30. The lowest BCUT2D eigenvalue weighted by molar-refractivity contribution is 0.281. The van der Waals surface area contributed by atoms with Crippen LogP contribution in [0.2, 0.25) is 0 Å². The van der Waals surface area contributed by atoms with Gasteiger partial charge in [0.2, 0.25) is 0 Å². The number of hydrogen-bond acceptors (Lipinski definition) is 3. The van der Waals surface area contributed by atoms with E-state index in [1.54, 1.807) is 0 Å². The van der Waals surface area contributed by atoms with E-state index < -0.39 is 0 Å². The van der Waals surface area contributed by atoms with Gasteiger partial charge in [0.05, 0.1) is 5.69 Å². The minimum Gasteiger partial charge on any atom is -0.313 e. The summed E-state index contributed by atoms with van der Waals surface area (Å²) in [7, 11) is 0. The van der Waals surface area contributed by atoms with Crippen molar-refractivity contribution in [1.29, 1.82) is 0 Å². The molecular weight excluding hydrogens is 222 g/mol. The van der Waals surface area contributed by atoms with E-state index in [1.165, 1.54) is 30.8 Å². The van der Waals surface area contributed by atoms with Crippen LogP contribution >= 0.6 is 0 Å². The van der Waals surface area contributed by atoms with Crippen LogP contribution in [0.4, 0.5) is 0 Å². The van der Waals surface area contributed by atoms with Crippen LogP contribution < -0.4 is 5.32 Å². The molecule has 1 aliphatic heterocycles. The van der Waals surface area contributed by atoms with E-state index in [2.05, 4.69) is 48.1 Å². The molecule has 2 rings (SSSR count). The first-order valence-corrected chi connectivity index (χ1v) is 6.96. The van der Waals surface area contributed by atoms with Gasteiger partial charge in [-0.05, 0) is 36.6 Å². The molecule has 0 unspecified atom stereocenters. The summed E-state index contributed by atoms with van der Waals surface area (Å²) in [6.45, 7) is 12.1. The third-order valence-electron chi connectivity index (χ3n) is 3.61. The Morgan fingerprint density at radius 3 is 2.78 bits per heavy atom. The minimum atomic E-state index is 0.477. The predicted molar refractivity (Wildman–Crippen MR) is 75.3 cm³/mol. The van der Waals surface area contributed by atoms with Crippen LogP contribution in [0.5, 0.6) is 0 Å². The quantitative estimate of drug-likeness (QED) is 0.866. The van der Waals surface area contributed by atoms with Gasteiger partial charge in [-0.2, -0.15) is 0 Å². The normalized spacial score (nSPS) is 19.3. The van der Waals surface area contributed by atoms with Crippen molar-refractivity contribution in [3.05, 3.63) is 29.6 Å². The zero-order valence-corrected chi connectivity index (χ0v) is 11.9. The summed E-state index contributed by atoms with van der Waals surface area (Å²) in [5.41, 5.74) is 2.93. The van der Waals surface area contributed by atoms with Gasteiger partial charge >= 0.3 is 0 Å². The second-order valence-corrected chi connectivity index (χ2v) is 6.06. The number of nitrogens with zero attached hydrogens (tertiary/aromatic N) is 2. The summed E-state index contributed by atoms with van der Waals surface area (Å²) < 4.78 is 0. The van der Waals surface area contributed by atoms with Crippen LogP contribution in [-0.2, 0) is 13.1 Å². The second kappa shape index (κ2) is 5.81. The van der Waals surface area contributed by atoms with Crippen molar-refractivity contribution >= 4 is 0 Å². The van der Waals surface area contributed by atoms with E-state index in [0.29, 0.717) is 5.41 Å². The van der Waals surface area contributed by atoms with Gasteiger partial charge in [0.1, 0.15) is 0 Å². The van der Waals surface area contributed by atoms with Gasteiger partial charge in [-0.3, -0.25) is 9.88 Å². The van der Waals surface area contributed by atoms with Crippen molar-refractivity contribution in [3.63, 3.8) is 0 Å². The van der Waals surface area contributed by atoms with E-state index in [4.69, 9.17) is 0 Å². The lowest BCUT2D eigenvalue weighted by Crippen LogP contribution is -2.23. The number of hydrogen-bond donors (Lipinski definition) is 1. The van der Waals surface area contributed by atoms with Gasteiger partial charge in [-0.15, -0.1) is 0 Å². The van der Waals surface area contributed by atoms with E-state index in [0.717, 1.165) is 19.6 Å². The van der Waals surface area contributed by atoms with Gasteiger partial charge in [0.15, 0.2) is 0 Å². The average molecular weight is 247 g/mol. The molecule has 0 aliphatic carbocycles. The molecule has 0 saturated carbocycles. The average Bonchev–Trinajstić information content (AvgIpc) is 2.68. The van der Waals surface area contributed by atoms with E-state index in [-0.39, 0.29) is 0 Å². The highest BCUT2D eigenvalue weighted by Gasteiger charge is 2.28. The summed E-state index contributed by atoms with van der Waals surface area (Å²) in [6, 6.07) is 4.35. The van der Waals surface area contributed by atoms with Crippen LogP contribution in [-0.4, -0.2) is 29.5 Å². The third-order valence-corrected chi connectivity index (χ3v) is 3.61. The van der Waals surface area contributed by atoms with Gasteiger partial charge < -0.3 is 5.32 Å². The molecule has 1 aromatic rings. The first-order chi connectivity index (χ1) is 8.59. The van der Waals surface area contributed by atoms with Gasteiger partial charge in [0, 0.05) is 25.8 Å². The molecule has 0 bridgehead atoms. The lowest BCUT2D eigenvalue weighted by Gasteiger charge is -2.19. The zero-order valence-electron chi connectivity index (χ0n) is 11.9. The van der Waals surface area contributed by atoms with E-state index >= 15 is 0 Å². The molecule has 1 N–H and O–H groups in total. The molecular formula is C15H25N3. The Kier molecular flexibility index (Phi) is 4.36. The maximum atomic E-state index is 4.56. The fraction of sp³-hybridized carbons (Fsp3) is 0.667. The Morgan fingerprint density at radius 1 is 1.39 bits per heavy atom. The minimum absolute atomic E-state index is 0.477. The monoisotopic (exact) mass is 247 g/mol. The molecule has 1 fully saturated rings. The highest BCUT2D eigenvalue weighted by Crippen LogP contribution is 2.29. The SMILES string of the molecule is CCNCc1ccc(CN2CCC(C)(C)C2)nc1. The van der Waals surface area contributed by atoms with Crippen molar-refractivity contribution in [3.8, 4) is 0 Å². The molecule has 3 heteroatoms. The van der Waals surface area contributed by atoms with E-state index in [1.807, 2.05) is 6.20 Å². The number of aromatic nitrogens is 1. The molecule has 2 heterocycles. The summed E-state index contributed by atoms with van der Waals surface area (Å²) in [4.78, 5) is 7.07. The van der Waals surface area contributed by atoms with Crippen LogP contribution in [0.25, 0.3) is 0 Å². The van der Waals surface area contributed by atoms with Gasteiger partial charge in [-0.25, -0.2) is 0 Å². The first-order valence-electron chi connectivity index (χ1n) is 6.96. The summed E-state index contributed by atoms with van der Waals surface area (Å²) in [5, 5.41) is 3.32. The molecule has 1 saturated heterocycles. The van der Waals surface area contributed by atoms with Gasteiger partial charge in [-0.1, -0.05) is 26.8 Å². The molecule has 18 heavy (non-hydrogen) atoms. The highest BCUT2D eigenvalue weighted by molar-refractivity contribution is 5.14. The van der Waals surface area contributed by atoms with Crippen molar-refractivity contribution in [2.45, 2.75) is 40.3 Å². The Morgan fingerprint density at radius 2 is 2.22 bits per heavy atom. The smallest absolute Gasteiger partial charge is 0.0544 e. The molecule has 3 nitrogen and oxygen atoms in total. The maximum Gasteiger partial charge on any atom is 0.0544 e. The summed E-state index contributed by atoms with van der Waals surface area (Å²) >= 11 is 0. The second-order valence-electron chi connectivity index (χ2n) is 6.06. The Labute approximate surface area is 111 Å². The third kappa shape index (κ3) is 3.79. The summed E-state index contributed by atoms with van der Waals surface area (Å²) in [5.74, 6) is 0. The Hall–Kier alpha value is -0.930. The Balaban J connectivity index is 1.87. The van der Waals surface area contributed by atoms with Crippen LogP contribution in [0.1, 0.15) is 38.4 Å². The fourth-order valence-electron chi connectivity index (χ4n) is 2.51. The van der Waals surface area contributed by atoms with Gasteiger partial charge in [0.25, 0.3) is 0 Å². The fourth-order valence-corrected chi connectivity index (χ4v) is 2.51. The molecule has 0 amide bonds. The molecule has 1 aromatic heterocycles. The molecule has 0 atom stereocenters. The highest BCUT2D eigenvalue weighted by atomic mass is 15.2. The first kappa shape index (κ1) is 13.5. The molecule has 0 spiro atoms. The van der Waals surface area contributed by atoms with Crippen LogP contribution in [0.3, 0.4) is 0 Å². The molecule has 100 valence electrons. The number of pyridine rings is 1. The number of likely N-dealkylation sites (tertiary alicyclic amines) is 1.